The van der Waals surface area contributed by atoms with Gasteiger partial charge in [0.15, 0.2) is 0 Å². The van der Waals surface area contributed by atoms with Crippen LogP contribution in [0.15, 0.2) is 18.2 Å². The van der Waals surface area contributed by atoms with Crippen LogP contribution in [0.25, 0.3) is 0 Å². The first-order valence-electron chi connectivity index (χ1n) is 4.87. The fourth-order valence-electron chi connectivity index (χ4n) is 1.35. The van der Waals surface area contributed by atoms with Crippen LogP contribution in [0.4, 0.5) is 4.39 Å². The van der Waals surface area contributed by atoms with Crippen LogP contribution in [0.1, 0.15) is 12.5 Å². The van der Waals surface area contributed by atoms with Gasteiger partial charge in [-0.05, 0) is 19.1 Å². The Balaban J connectivity index is 2.85. The quantitative estimate of drug-likeness (QED) is 0.881. The molecule has 88 valence electrons. The molecule has 0 aliphatic carbocycles. The Morgan fingerprint density at radius 3 is 2.75 bits per heavy atom. The molecule has 0 radical (unpaired) electrons. The monoisotopic (exact) mass is 244 g/mol. The van der Waals surface area contributed by atoms with Crippen molar-refractivity contribution in [1.82, 2.24) is 4.90 Å². The van der Waals surface area contributed by atoms with Crippen molar-refractivity contribution in [2.75, 3.05) is 7.05 Å². The SMILES string of the molecule is C[C@H](N)C(=O)N(C)Cc1c(F)cccc1Cl. The first-order valence-corrected chi connectivity index (χ1v) is 5.24. The van der Waals surface area contributed by atoms with Crippen molar-refractivity contribution in [2.45, 2.75) is 19.5 Å². The van der Waals surface area contributed by atoms with Gasteiger partial charge in [0.05, 0.1) is 6.04 Å². The zero-order chi connectivity index (χ0) is 12.3. The standard InChI is InChI=1S/C11H14ClFN2O/c1-7(14)11(16)15(2)6-8-9(12)4-3-5-10(8)13/h3-5,7H,6,14H2,1-2H3/t7-/m0/s1. The lowest BCUT2D eigenvalue weighted by atomic mass is 10.2. The Hall–Kier alpha value is -1.13. The second-order valence-electron chi connectivity index (χ2n) is 3.68. The number of amides is 1. The lowest BCUT2D eigenvalue weighted by Crippen LogP contribution is -2.39. The number of halogens is 2. The summed E-state index contributed by atoms with van der Waals surface area (Å²) in [5.41, 5.74) is 5.75. The Labute approximate surface area is 99.0 Å². The van der Waals surface area contributed by atoms with Crippen molar-refractivity contribution >= 4 is 17.5 Å². The van der Waals surface area contributed by atoms with Crippen LogP contribution in [-0.4, -0.2) is 23.9 Å². The summed E-state index contributed by atoms with van der Waals surface area (Å²) in [7, 11) is 1.56. The van der Waals surface area contributed by atoms with E-state index in [0.717, 1.165) is 0 Å². The maximum atomic E-state index is 13.4. The summed E-state index contributed by atoms with van der Waals surface area (Å²) < 4.78 is 13.4. The highest BCUT2D eigenvalue weighted by atomic mass is 35.5. The molecule has 1 rings (SSSR count). The van der Waals surface area contributed by atoms with E-state index in [-0.39, 0.29) is 12.5 Å². The first-order chi connectivity index (χ1) is 7.43. The van der Waals surface area contributed by atoms with Gasteiger partial charge in [-0.2, -0.15) is 0 Å². The van der Waals surface area contributed by atoms with Gasteiger partial charge in [0.25, 0.3) is 0 Å². The van der Waals surface area contributed by atoms with Gasteiger partial charge in [0, 0.05) is 24.2 Å². The van der Waals surface area contributed by atoms with Crippen LogP contribution in [0, 0.1) is 5.82 Å². The number of benzene rings is 1. The van der Waals surface area contributed by atoms with E-state index in [1.807, 2.05) is 0 Å². The highest BCUT2D eigenvalue weighted by molar-refractivity contribution is 6.31. The first kappa shape index (κ1) is 12.9. The minimum absolute atomic E-state index is 0.117. The van der Waals surface area contributed by atoms with E-state index < -0.39 is 11.9 Å². The molecule has 0 fully saturated rings. The molecule has 0 aliphatic heterocycles. The van der Waals surface area contributed by atoms with E-state index >= 15 is 0 Å². The van der Waals surface area contributed by atoms with E-state index in [1.54, 1.807) is 20.0 Å². The molecule has 0 aromatic heterocycles. The fourth-order valence-corrected chi connectivity index (χ4v) is 1.57. The van der Waals surface area contributed by atoms with E-state index in [9.17, 15) is 9.18 Å². The zero-order valence-electron chi connectivity index (χ0n) is 9.21. The molecule has 0 saturated heterocycles. The Morgan fingerprint density at radius 2 is 2.25 bits per heavy atom. The van der Waals surface area contributed by atoms with Crippen LogP contribution in [0.5, 0.6) is 0 Å². The van der Waals surface area contributed by atoms with E-state index in [0.29, 0.717) is 10.6 Å². The Bertz CT molecular complexity index is 375. The normalized spacial score (nSPS) is 12.3. The van der Waals surface area contributed by atoms with Crippen molar-refractivity contribution in [3.05, 3.63) is 34.6 Å². The van der Waals surface area contributed by atoms with Crippen molar-refractivity contribution in [2.24, 2.45) is 5.73 Å². The molecule has 2 N–H and O–H groups in total. The number of nitrogens with zero attached hydrogens (tertiary/aromatic N) is 1. The van der Waals surface area contributed by atoms with Crippen molar-refractivity contribution < 1.29 is 9.18 Å². The summed E-state index contributed by atoms with van der Waals surface area (Å²) in [6.07, 6.45) is 0. The summed E-state index contributed by atoms with van der Waals surface area (Å²) in [4.78, 5) is 12.9. The molecule has 1 aromatic carbocycles. The number of rotatable bonds is 3. The molecule has 0 saturated carbocycles. The third-order valence-corrected chi connectivity index (χ3v) is 2.58. The van der Waals surface area contributed by atoms with Crippen molar-refractivity contribution in [3.63, 3.8) is 0 Å². The van der Waals surface area contributed by atoms with Crippen LogP contribution in [0.3, 0.4) is 0 Å². The second kappa shape index (κ2) is 5.27. The van der Waals surface area contributed by atoms with Gasteiger partial charge in [-0.3, -0.25) is 4.79 Å². The van der Waals surface area contributed by atoms with Crippen molar-refractivity contribution in [3.8, 4) is 0 Å². The topological polar surface area (TPSA) is 46.3 Å². The number of carbonyl (C=O) groups excluding carboxylic acids is 1. The number of hydrogen-bond acceptors (Lipinski definition) is 2. The smallest absolute Gasteiger partial charge is 0.239 e. The molecule has 0 aliphatic rings. The molecular formula is C11H14ClFN2O. The van der Waals surface area contributed by atoms with Gasteiger partial charge >= 0.3 is 0 Å². The molecule has 0 heterocycles. The largest absolute Gasteiger partial charge is 0.340 e. The summed E-state index contributed by atoms with van der Waals surface area (Å²) in [5, 5.41) is 0.310. The van der Waals surface area contributed by atoms with Crippen LogP contribution < -0.4 is 5.73 Å². The second-order valence-corrected chi connectivity index (χ2v) is 4.09. The van der Waals surface area contributed by atoms with E-state index in [2.05, 4.69) is 0 Å². The lowest BCUT2D eigenvalue weighted by molar-refractivity contribution is -0.131. The summed E-state index contributed by atoms with van der Waals surface area (Å²) in [6, 6.07) is 3.82. The molecule has 0 unspecified atom stereocenters. The third kappa shape index (κ3) is 2.93. The molecule has 1 aromatic rings. The highest BCUT2D eigenvalue weighted by Crippen LogP contribution is 2.20. The molecule has 1 amide bonds. The molecule has 5 heteroatoms. The summed E-state index contributed by atoms with van der Waals surface area (Å²) in [5.74, 6) is -0.670. The molecule has 0 spiro atoms. The van der Waals surface area contributed by atoms with E-state index in [1.165, 1.54) is 17.0 Å². The molecular weight excluding hydrogens is 231 g/mol. The molecule has 3 nitrogen and oxygen atoms in total. The number of carbonyl (C=O) groups is 1. The average Bonchev–Trinajstić information content (AvgIpc) is 2.22. The summed E-state index contributed by atoms with van der Waals surface area (Å²) >= 11 is 5.85. The van der Waals surface area contributed by atoms with Gasteiger partial charge in [-0.1, -0.05) is 17.7 Å². The number of likely N-dealkylation sites (N-methyl/N-ethyl adjacent to an activating group) is 1. The van der Waals surface area contributed by atoms with Crippen molar-refractivity contribution in [1.29, 1.82) is 0 Å². The summed E-state index contributed by atoms with van der Waals surface area (Å²) in [6.45, 7) is 1.70. The zero-order valence-corrected chi connectivity index (χ0v) is 9.96. The van der Waals surface area contributed by atoms with Gasteiger partial charge in [0.2, 0.25) is 5.91 Å². The minimum Gasteiger partial charge on any atom is -0.340 e. The Morgan fingerprint density at radius 1 is 1.62 bits per heavy atom. The van der Waals surface area contributed by atoms with Crippen LogP contribution in [0.2, 0.25) is 5.02 Å². The highest BCUT2D eigenvalue weighted by Gasteiger charge is 2.16. The number of nitrogens with two attached hydrogens (primary N) is 1. The number of hydrogen-bond donors (Lipinski definition) is 1. The van der Waals surface area contributed by atoms with Gasteiger partial charge in [-0.15, -0.1) is 0 Å². The van der Waals surface area contributed by atoms with Gasteiger partial charge in [0.1, 0.15) is 5.82 Å². The predicted octanol–water partition coefficient (Wildman–Crippen LogP) is 1.78. The lowest BCUT2D eigenvalue weighted by Gasteiger charge is -2.20. The maximum absolute atomic E-state index is 13.4. The molecule has 1 atom stereocenters. The van der Waals surface area contributed by atoms with Gasteiger partial charge in [-0.25, -0.2) is 4.39 Å². The minimum atomic E-state index is -0.601. The van der Waals surface area contributed by atoms with Crippen LogP contribution >= 0.6 is 11.6 Å². The fraction of sp³-hybridized carbons (Fsp3) is 0.364. The predicted molar refractivity (Wildman–Crippen MR) is 61.5 cm³/mol. The maximum Gasteiger partial charge on any atom is 0.239 e. The molecule has 0 bridgehead atoms. The average molecular weight is 245 g/mol. The van der Waals surface area contributed by atoms with E-state index in [4.69, 9.17) is 17.3 Å². The Kier molecular flexibility index (Phi) is 4.26. The van der Waals surface area contributed by atoms with Gasteiger partial charge < -0.3 is 10.6 Å². The van der Waals surface area contributed by atoms with Crippen LogP contribution in [-0.2, 0) is 11.3 Å². The third-order valence-electron chi connectivity index (χ3n) is 2.22. The molecule has 16 heavy (non-hydrogen) atoms.